The maximum Gasteiger partial charge on any atom is 0.168 e. The lowest BCUT2D eigenvalue weighted by molar-refractivity contribution is 0.263. The van der Waals surface area contributed by atoms with E-state index in [9.17, 15) is 8.78 Å². The minimum absolute atomic E-state index is 0.0528. The van der Waals surface area contributed by atoms with E-state index in [-0.39, 0.29) is 18.2 Å². The van der Waals surface area contributed by atoms with Gasteiger partial charge in [-0.3, -0.25) is 0 Å². The Labute approximate surface area is 105 Å². The molecule has 0 aliphatic carbocycles. The van der Waals surface area contributed by atoms with E-state index >= 15 is 0 Å². The van der Waals surface area contributed by atoms with E-state index in [1.165, 1.54) is 0 Å². The summed E-state index contributed by atoms with van der Waals surface area (Å²) in [7, 11) is 1.55. The molecule has 0 radical (unpaired) electrons. The predicted octanol–water partition coefficient (Wildman–Crippen LogP) is 1.61. The fourth-order valence-corrected chi connectivity index (χ4v) is 2.30. The first kappa shape index (κ1) is 13.0. The number of nitrogens with one attached hydrogen (secondary N) is 1. The van der Waals surface area contributed by atoms with Gasteiger partial charge in [0.05, 0.1) is 0 Å². The largest absolute Gasteiger partial charge is 0.396 e. The molecule has 1 aromatic heterocycles. The van der Waals surface area contributed by atoms with Crippen molar-refractivity contribution in [3.8, 4) is 0 Å². The average Bonchev–Trinajstić information content (AvgIpc) is 2.78. The maximum absolute atomic E-state index is 13.7. The lowest BCUT2D eigenvalue weighted by Crippen LogP contribution is -2.23. The minimum Gasteiger partial charge on any atom is -0.396 e. The number of halogens is 2. The zero-order valence-electron chi connectivity index (χ0n) is 10.3. The first-order valence-corrected chi connectivity index (χ1v) is 6.05. The fourth-order valence-electron chi connectivity index (χ4n) is 2.30. The van der Waals surface area contributed by atoms with Gasteiger partial charge in [0, 0.05) is 32.8 Å². The molecule has 0 aromatic carbocycles. The highest BCUT2D eigenvalue weighted by Gasteiger charge is 2.26. The molecule has 1 aromatic rings. The molecule has 1 aliphatic rings. The standard InChI is InChI=1S/C12H17F2N3O/c1-15-11-9(13)6-10(14)12(16-11)17-4-2-8(7-17)3-5-18/h6,8,18H,2-5,7H2,1H3,(H,15,16). The van der Waals surface area contributed by atoms with Gasteiger partial charge in [0.2, 0.25) is 0 Å². The van der Waals surface area contributed by atoms with Gasteiger partial charge in [0.25, 0.3) is 0 Å². The van der Waals surface area contributed by atoms with Crippen molar-refractivity contribution in [1.29, 1.82) is 0 Å². The van der Waals surface area contributed by atoms with E-state index in [1.54, 1.807) is 11.9 Å². The molecule has 0 amide bonds. The predicted molar refractivity (Wildman–Crippen MR) is 65.7 cm³/mol. The van der Waals surface area contributed by atoms with Crippen molar-refractivity contribution in [3.63, 3.8) is 0 Å². The van der Waals surface area contributed by atoms with Crippen LogP contribution in [0.2, 0.25) is 0 Å². The quantitative estimate of drug-likeness (QED) is 0.860. The van der Waals surface area contributed by atoms with Crippen LogP contribution in [-0.2, 0) is 0 Å². The third-order valence-electron chi connectivity index (χ3n) is 3.27. The summed E-state index contributed by atoms with van der Waals surface area (Å²) in [5.41, 5.74) is 0. The van der Waals surface area contributed by atoms with Crippen molar-refractivity contribution < 1.29 is 13.9 Å². The maximum atomic E-state index is 13.7. The first-order chi connectivity index (χ1) is 8.65. The number of pyridine rings is 1. The third-order valence-corrected chi connectivity index (χ3v) is 3.27. The van der Waals surface area contributed by atoms with Crippen LogP contribution < -0.4 is 10.2 Å². The molecule has 0 spiro atoms. The molecule has 100 valence electrons. The summed E-state index contributed by atoms with van der Waals surface area (Å²) in [5, 5.41) is 11.5. The molecule has 1 aliphatic heterocycles. The Morgan fingerprint density at radius 1 is 1.50 bits per heavy atom. The molecule has 4 nitrogen and oxygen atoms in total. The zero-order valence-corrected chi connectivity index (χ0v) is 10.3. The number of nitrogens with zero attached hydrogens (tertiary/aromatic N) is 2. The number of aromatic nitrogens is 1. The van der Waals surface area contributed by atoms with Gasteiger partial charge in [0.15, 0.2) is 23.3 Å². The second kappa shape index (κ2) is 5.48. The van der Waals surface area contributed by atoms with E-state index < -0.39 is 11.6 Å². The molecule has 1 fully saturated rings. The van der Waals surface area contributed by atoms with Gasteiger partial charge in [-0.05, 0) is 18.8 Å². The molecule has 1 unspecified atom stereocenters. The van der Waals surface area contributed by atoms with Crippen LogP contribution in [0.25, 0.3) is 0 Å². The van der Waals surface area contributed by atoms with E-state index in [1.807, 2.05) is 0 Å². The Kier molecular flexibility index (Phi) is 3.96. The number of aliphatic hydroxyl groups is 1. The van der Waals surface area contributed by atoms with Gasteiger partial charge in [-0.25, -0.2) is 13.8 Å². The Balaban J connectivity index is 2.18. The number of hydrogen-bond donors (Lipinski definition) is 2. The van der Waals surface area contributed by atoms with Gasteiger partial charge >= 0.3 is 0 Å². The van der Waals surface area contributed by atoms with E-state index in [2.05, 4.69) is 10.3 Å². The summed E-state index contributed by atoms with van der Waals surface area (Å²) in [5.74, 6) is -0.751. The van der Waals surface area contributed by atoms with Gasteiger partial charge in [-0.15, -0.1) is 0 Å². The fraction of sp³-hybridized carbons (Fsp3) is 0.583. The van der Waals surface area contributed by atoms with E-state index in [4.69, 9.17) is 5.11 Å². The van der Waals surface area contributed by atoms with Crippen molar-refractivity contribution >= 4 is 11.6 Å². The lowest BCUT2D eigenvalue weighted by atomic mass is 10.1. The minimum atomic E-state index is -0.690. The van der Waals surface area contributed by atoms with Crippen LogP contribution in [-0.4, -0.2) is 36.8 Å². The van der Waals surface area contributed by atoms with Crippen molar-refractivity contribution in [2.24, 2.45) is 5.92 Å². The highest BCUT2D eigenvalue weighted by atomic mass is 19.1. The molecule has 1 saturated heterocycles. The normalized spacial score (nSPS) is 19.3. The molecule has 18 heavy (non-hydrogen) atoms. The second-order valence-corrected chi connectivity index (χ2v) is 4.49. The molecule has 2 N–H and O–H groups in total. The number of aliphatic hydroxyl groups excluding tert-OH is 1. The van der Waals surface area contributed by atoms with Crippen LogP contribution in [0.4, 0.5) is 20.4 Å². The number of hydrogen-bond acceptors (Lipinski definition) is 4. The highest BCUT2D eigenvalue weighted by Crippen LogP contribution is 2.28. The molecule has 0 saturated carbocycles. The molecular formula is C12H17F2N3O. The Morgan fingerprint density at radius 2 is 2.28 bits per heavy atom. The van der Waals surface area contributed by atoms with Gasteiger partial charge in [-0.1, -0.05) is 0 Å². The molecule has 2 heterocycles. The first-order valence-electron chi connectivity index (χ1n) is 6.05. The van der Waals surface area contributed by atoms with Crippen molar-refractivity contribution in [1.82, 2.24) is 4.98 Å². The van der Waals surface area contributed by atoms with Crippen molar-refractivity contribution in [3.05, 3.63) is 17.7 Å². The summed E-state index contributed by atoms with van der Waals surface area (Å²) in [6.07, 6.45) is 1.60. The summed E-state index contributed by atoms with van der Waals surface area (Å²) < 4.78 is 27.0. The van der Waals surface area contributed by atoms with Crippen LogP contribution >= 0.6 is 0 Å². The Bertz CT molecular complexity index is 428. The summed E-state index contributed by atoms with van der Waals surface area (Å²) in [6, 6.07) is 0.855. The zero-order chi connectivity index (χ0) is 13.1. The van der Waals surface area contributed by atoms with Crippen molar-refractivity contribution in [2.75, 3.05) is 37.0 Å². The summed E-state index contributed by atoms with van der Waals surface area (Å²) >= 11 is 0. The van der Waals surface area contributed by atoms with E-state index in [0.717, 1.165) is 12.5 Å². The summed E-state index contributed by atoms with van der Waals surface area (Å²) in [4.78, 5) is 5.77. The van der Waals surface area contributed by atoms with Crippen LogP contribution in [0.15, 0.2) is 6.07 Å². The molecule has 0 bridgehead atoms. The Hall–Kier alpha value is -1.43. The molecule has 6 heteroatoms. The Morgan fingerprint density at radius 3 is 2.94 bits per heavy atom. The van der Waals surface area contributed by atoms with Crippen LogP contribution in [0, 0.1) is 17.6 Å². The lowest BCUT2D eigenvalue weighted by Gasteiger charge is -2.19. The average molecular weight is 257 g/mol. The monoisotopic (exact) mass is 257 g/mol. The van der Waals surface area contributed by atoms with E-state index in [0.29, 0.717) is 25.4 Å². The number of anilines is 2. The topological polar surface area (TPSA) is 48.4 Å². The smallest absolute Gasteiger partial charge is 0.168 e. The highest BCUT2D eigenvalue weighted by molar-refractivity contribution is 5.49. The van der Waals surface area contributed by atoms with Gasteiger partial charge in [-0.2, -0.15) is 0 Å². The molecular weight excluding hydrogens is 240 g/mol. The number of rotatable bonds is 4. The van der Waals surface area contributed by atoms with Gasteiger partial charge < -0.3 is 15.3 Å². The third kappa shape index (κ3) is 2.53. The van der Waals surface area contributed by atoms with Gasteiger partial charge in [0.1, 0.15) is 0 Å². The van der Waals surface area contributed by atoms with Crippen LogP contribution in [0.5, 0.6) is 0 Å². The SMILES string of the molecule is CNc1nc(N2CCC(CCO)C2)c(F)cc1F. The molecule has 1 atom stereocenters. The van der Waals surface area contributed by atoms with Crippen LogP contribution in [0.3, 0.4) is 0 Å². The molecule has 2 rings (SSSR count). The van der Waals surface area contributed by atoms with Crippen molar-refractivity contribution in [2.45, 2.75) is 12.8 Å². The van der Waals surface area contributed by atoms with Crippen LogP contribution in [0.1, 0.15) is 12.8 Å². The second-order valence-electron chi connectivity index (χ2n) is 4.49. The summed E-state index contributed by atoms with van der Waals surface area (Å²) in [6.45, 7) is 1.47.